The summed E-state index contributed by atoms with van der Waals surface area (Å²) in [7, 11) is 0. The first-order valence-corrected chi connectivity index (χ1v) is 22.3. The van der Waals surface area contributed by atoms with Crippen LogP contribution in [0.25, 0.3) is 0 Å². The molecule has 1 amide bonds. The minimum Gasteiger partial charge on any atom is -0.481 e. The Hall–Kier alpha value is -1.93. The molecule has 1 heterocycles. The summed E-state index contributed by atoms with van der Waals surface area (Å²) in [4.78, 5) is 44.8. The number of fused-ring (bicyclic) bond motifs is 7. The highest BCUT2D eigenvalue weighted by Gasteiger charge is 2.72. The molecule has 312 valence electrons. The number of nitrogens with zero attached hydrogens (tertiary/aromatic N) is 2. The number of ether oxygens (including phenoxy) is 1. The number of nitrogens with one attached hydrogen (secondary N) is 1. The number of carboxylic acids is 1. The Kier molecular flexibility index (Phi) is 11.4. The van der Waals surface area contributed by atoms with Crippen molar-refractivity contribution in [1.29, 1.82) is 0 Å². The highest BCUT2D eigenvalue weighted by Crippen LogP contribution is 2.77. The lowest BCUT2D eigenvalue weighted by Gasteiger charge is -2.73. The molecule has 6 rings (SSSR count). The highest BCUT2D eigenvalue weighted by atomic mass is 16.5. The molecule has 0 aromatic rings. The van der Waals surface area contributed by atoms with Gasteiger partial charge in [-0.25, -0.2) is 0 Å². The van der Waals surface area contributed by atoms with Crippen molar-refractivity contribution in [3.8, 4) is 0 Å². The van der Waals surface area contributed by atoms with Gasteiger partial charge < -0.3 is 20.1 Å². The highest BCUT2D eigenvalue weighted by molar-refractivity contribution is 5.84. The number of hydrogen-bond donors (Lipinski definition) is 2. The first-order valence-electron chi connectivity index (χ1n) is 22.3. The topological polar surface area (TPSA) is 99.2 Å². The standard InChI is InChI=1S/C47H79N3O5/c1-13-49-24-26-50(27-25-49)30-42(6,7)48-40(54)47-21-16-32(31(2)3)39(47)33-14-15-35-44(10)19-18-36(55-38(53)29-41(4,5)28-37(51)52)43(8,9)34(44)17-20-46(35,12)45(33,11)22-23-47/h32-36,39H,2,13-30H2,1,3-12H3,(H,48,54)(H,51,52)/t32-,33+,34-,35+,36-,39+,44-,45+,46+,47-/m0/s1. The number of piperazine rings is 1. The minimum atomic E-state index is -0.883. The lowest BCUT2D eigenvalue weighted by atomic mass is 9.32. The molecular weight excluding hydrogens is 687 g/mol. The Morgan fingerprint density at radius 1 is 0.800 bits per heavy atom. The number of allylic oxidation sites excluding steroid dienone is 1. The second-order valence-corrected chi connectivity index (χ2v) is 22.6. The van der Waals surface area contributed by atoms with Gasteiger partial charge in [-0.05, 0) is 143 Å². The fourth-order valence-electron chi connectivity index (χ4n) is 15.1. The van der Waals surface area contributed by atoms with Gasteiger partial charge in [-0.15, -0.1) is 0 Å². The van der Waals surface area contributed by atoms with Gasteiger partial charge >= 0.3 is 11.9 Å². The largest absolute Gasteiger partial charge is 0.481 e. The molecule has 55 heavy (non-hydrogen) atoms. The van der Waals surface area contributed by atoms with Crippen LogP contribution in [0.2, 0.25) is 0 Å². The summed E-state index contributed by atoms with van der Waals surface area (Å²) in [6.45, 7) is 36.1. The number of carbonyl (C=O) groups is 3. The first-order chi connectivity index (χ1) is 25.4. The average molecular weight is 766 g/mol. The van der Waals surface area contributed by atoms with Crippen LogP contribution in [-0.2, 0) is 19.1 Å². The monoisotopic (exact) mass is 766 g/mol. The number of carbonyl (C=O) groups excluding carboxylic acids is 2. The average Bonchev–Trinajstić information content (AvgIpc) is 3.47. The fourth-order valence-corrected chi connectivity index (χ4v) is 15.1. The number of amides is 1. The van der Waals surface area contributed by atoms with Crippen molar-refractivity contribution >= 4 is 17.8 Å². The third kappa shape index (κ3) is 7.37. The van der Waals surface area contributed by atoms with E-state index in [1.54, 1.807) is 0 Å². The Morgan fingerprint density at radius 3 is 2.07 bits per heavy atom. The van der Waals surface area contributed by atoms with E-state index in [0.29, 0.717) is 35.5 Å². The quantitative estimate of drug-likeness (QED) is 0.160. The number of hydrogen-bond acceptors (Lipinski definition) is 6. The maximum absolute atomic E-state index is 15.0. The molecule has 6 fully saturated rings. The van der Waals surface area contributed by atoms with Crippen molar-refractivity contribution in [2.24, 2.45) is 62.1 Å². The predicted molar refractivity (Wildman–Crippen MR) is 220 cm³/mol. The maximum Gasteiger partial charge on any atom is 0.306 e. The molecule has 0 radical (unpaired) electrons. The molecule has 1 saturated heterocycles. The van der Waals surface area contributed by atoms with Gasteiger partial charge in [-0.1, -0.05) is 67.5 Å². The summed E-state index contributed by atoms with van der Waals surface area (Å²) in [6.07, 6.45) is 10.6. The van der Waals surface area contributed by atoms with Crippen molar-refractivity contribution in [2.45, 2.75) is 165 Å². The zero-order chi connectivity index (χ0) is 40.6. The Labute approximate surface area is 334 Å². The summed E-state index contributed by atoms with van der Waals surface area (Å²) in [5.41, 5.74) is 0.250. The van der Waals surface area contributed by atoms with E-state index >= 15 is 0 Å². The van der Waals surface area contributed by atoms with Crippen molar-refractivity contribution in [1.82, 2.24) is 15.1 Å². The minimum absolute atomic E-state index is 0.0500. The van der Waals surface area contributed by atoms with Crippen LogP contribution in [0.3, 0.4) is 0 Å². The SMILES string of the molecule is C=C(C)[C@@H]1CC[C@]2(C(=O)NC(C)(C)CN3CCN(CC)CC3)CC[C@]3(C)[C@H](CC[C@@H]4[C@@]5(C)CC[C@H](OC(=O)CC(C)(C)CC(=O)O)C(C)(C)[C@@H]5CC[C@]43C)[C@@H]12. The van der Waals surface area contributed by atoms with Crippen molar-refractivity contribution < 1.29 is 24.2 Å². The summed E-state index contributed by atoms with van der Waals surface area (Å²) >= 11 is 0. The van der Waals surface area contributed by atoms with Crippen LogP contribution < -0.4 is 5.32 Å². The molecule has 0 spiro atoms. The van der Waals surface area contributed by atoms with Crippen LogP contribution in [0.4, 0.5) is 0 Å². The van der Waals surface area contributed by atoms with Crippen molar-refractivity contribution in [2.75, 3.05) is 39.3 Å². The van der Waals surface area contributed by atoms with E-state index in [4.69, 9.17) is 4.74 Å². The van der Waals surface area contributed by atoms with Crippen LogP contribution in [0.15, 0.2) is 12.2 Å². The van der Waals surface area contributed by atoms with Crippen molar-refractivity contribution in [3.63, 3.8) is 0 Å². The smallest absolute Gasteiger partial charge is 0.306 e. The number of carboxylic acid groups (broad SMARTS) is 1. The molecule has 5 saturated carbocycles. The Balaban J connectivity index is 1.21. The lowest BCUT2D eigenvalue weighted by molar-refractivity contribution is -0.249. The van der Waals surface area contributed by atoms with E-state index in [1.165, 1.54) is 24.8 Å². The van der Waals surface area contributed by atoms with Gasteiger partial charge in [0.1, 0.15) is 6.10 Å². The van der Waals surface area contributed by atoms with Crippen LogP contribution in [0, 0.1) is 62.1 Å². The molecule has 5 aliphatic carbocycles. The van der Waals surface area contributed by atoms with Crippen LogP contribution in [-0.4, -0.2) is 83.7 Å². The van der Waals surface area contributed by atoms with E-state index in [9.17, 15) is 19.5 Å². The van der Waals surface area contributed by atoms with E-state index in [1.807, 2.05) is 13.8 Å². The number of rotatable bonds is 11. The Bertz CT molecular complexity index is 1500. The molecule has 1 aliphatic heterocycles. The van der Waals surface area contributed by atoms with Crippen LogP contribution in [0.1, 0.15) is 153 Å². The molecule has 2 N–H and O–H groups in total. The normalized spacial score (nSPS) is 40.6. The molecule has 0 unspecified atom stereocenters. The van der Waals surface area contributed by atoms with E-state index in [-0.39, 0.29) is 57.5 Å². The molecule has 10 atom stereocenters. The lowest BCUT2D eigenvalue weighted by Crippen LogP contribution is -2.68. The molecule has 8 nitrogen and oxygen atoms in total. The number of aliphatic carboxylic acids is 1. The zero-order valence-electron chi connectivity index (χ0n) is 36.9. The summed E-state index contributed by atoms with van der Waals surface area (Å²) in [5.74, 6) is 1.37. The van der Waals surface area contributed by atoms with Crippen LogP contribution >= 0.6 is 0 Å². The third-order valence-corrected chi connectivity index (χ3v) is 18.0. The predicted octanol–water partition coefficient (Wildman–Crippen LogP) is 8.98. The maximum atomic E-state index is 15.0. The van der Waals surface area contributed by atoms with Crippen molar-refractivity contribution in [3.05, 3.63) is 12.2 Å². The van der Waals surface area contributed by atoms with Gasteiger partial charge in [0.05, 0.1) is 18.3 Å². The van der Waals surface area contributed by atoms with Gasteiger partial charge in [0.25, 0.3) is 0 Å². The molecule has 0 aromatic carbocycles. The van der Waals surface area contributed by atoms with E-state index in [2.05, 4.69) is 84.0 Å². The fraction of sp³-hybridized carbons (Fsp3) is 0.894. The van der Waals surface area contributed by atoms with Gasteiger partial charge in [-0.2, -0.15) is 0 Å². The zero-order valence-corrected chi connectivity index (χ0v) is 36.9. The van der Waals surface area contributed by atoms with E-state index < -0.39 is 11.4 Å². The number of likely N-dealkylation sites (N-methyl/N-ethyl adjacent to an activating group) is 1. The van der Waals surface area contributed by atoms with Gasteiger partial charge in [0.2, 0.25) is 5.91 Å². The van der Waals surface area contributed by atoms with Gasteiger partial charge in [-0.3, -0.25) is 19.3 Å². The van der Waals surface area contributed by atoms with E-state index in [0.717, 1.165) is 84.2 Å². The summed E-state index contributed by atoms with van der Waals surface area (Å²) < 4.78 is 6.30. The first kappa shape index (κ1) is 42.7. The Morgan fingerprint density at radius 2 is 1.45 bits per heavy atom. The van der Waals surface area contributed by atoms with Gasteiger partial charge in [0, 0.05) is 43.7 Å². The summed E-state index contributed by atoms with van der Waals surface area (Å²) in [5, 5.41) is 13.1. The molecule has 0 aromatic heterocycles. The second-order valence-electron chi connectivity index (χ2n) is 22.6. The van der Waals surface area contributed by atoms with Crippen LogP contribution in [0.5, 0.6) is 0 Å². The molecule has 0 bridgehead atoms. The molecule has 8 heteroatoms. The molecule has 6 aliphatic rings. The second kappa shape index (κ2) is 14.7. The third-order valence-electron chi connectivity index (χ3n) is 18.0. The molecular formula is C47H79N3O5. The number of esters is 1. The van der Waals surface area contributed by atoms with Gasteiger partial charge in [0.15, 0.2) is 0 Å². The summed E-state index contributed by atoms with van der Waals surface area (Å²) in [6, 6.07) is 0.